The van der Waals surface area contributed by atoms with Gasteiger partial charge in [-0.3, -0.25) is 10.1 Å². The van der Waals surface area contributed by atoms with Crippen LogP contribution >= 0.6 is 22.9 Å². The fourth-order valence-electron chi connectivity index (χ4n) is 1.90. The highest BCUT2D eigenvalue weighted by Crippen LogP contribution is 2.28. The van der Waals surface area contributed by atoms with Crippen molar-refractivity contribution in [1.82, 2.24) is 5.16 Å². The van der Waals surface area contributed by atoms with Crippen LogP contribution in [0.5, 0.6) is 0 Å². The van der Waals surface area contributed by atoms with Crippen LogP contribution in [-0.4, -0.2) is 11.1 Å². The largest absolute Gasteiger partial charge is 0.338 e. The highest BCUT2D eigenvalue weighted by atomic mass is 35.5. The maximum Gasteiger partial charge on any atom is 0.268 e. The van der Waals surface area contributed by atoms with Gasteiger partial charge in [-0.2, -0.15) is 0 Å². The normalized spacial score (nSPS) is 10.6. The summed E-state index contributed by atoms with van der Waals surface area (Å²) < 4.78 is 5.15. The number of thiophene rings is 1. The number of nitrogens with zero attached hydrogens (tertiary/aromatic N) is 1. The molecule has 0 aliphatic carbocycles. The average Bonchev–Trinajstić information content (AvgIpc) is 3.08. The summed E-state index contributed by atoms with van der Waals surface area (Å²) in [7, 11) is 0. The predicted octanol–water partition coefficient (Wildman–Crippen LogP) is 4.62. The van der Waals surface area contributed by atoms with E-state index < -0.39 is 0 Å². The molecule has 1 N–H and O–H groups in total. The number of rotatable bonds is 3. The fourth-order valence-corrected chi connectivity index (χ4v) is 2.96. The van der Waals surface area contributed by atoms with Gasteiger partial charge in [0.05, 0.1) is 9.90 Å². The van der Waals surface area contributed by atoms with Crippen molar-refractivity contribution in [3.63, 3.8) is 0 Å². The van der Waals surface area contributed by atoms with Crippen LogP contribution in [0.2, 0.25) is 5.02 Å². The van der Waals surface area contributed by atoms with Gasteiger partial charge in [-0.15, -0.1) is 11.3 Å². The van der Waals surface area contributed by atoms with Crippen molar-refractivity contribution in [2.24, 2.45) is 0 Å². The molecule has 0 aliphatic rings. The maximum atomic E-state index is 12.1. The lowest BCUT2D eigenvalue weighted by molar-refractivity contribution is 0.102. The summed E-state index contributed by atoms with van der Waals surface area (Å²) in [4.78, 5) is 12.8. The zero-order valence-electron chi connectivity index (χ0n) is 11.1. The quantitative estimate of drug-likeness (QED) is 0.766. The molecular formula is C15H11ClN2O2S. The smallest absolute Gasteiger partial charge is 0.268 e. The summed E-state index contributed by atoms with van der Waals surface area (Å²) >= 11 is 7.50. The van der Waals surface area contributed by atoms with Gasteiger partial charge < -0.3 is 4.52 Å². The molecule has 2 heterocycles. The number of carbonyl (C=O) groups excluding carboxylic acids is 1. The monoisotopic (exact) mass is 318 g/mol. The third kappa shape index (κ3) is 2.84. The SMILES string of the molecule is Cc1ccsc1C(=O)Nc1cc(-c2ccccc2Cl)no1. The molecule has 2 aromatic heterocycles. The number of halogens is 1. The number of anilines is 1. The van der Waals surface area contributed by atoms with Gasteiger partial charge in [0.25, 0.3) is 5.91 Å². The molecule has 0 atom stereocenters. The molecule has 0 unspecified atom stereocenters. The Bertz CT molecular complexity index is 794. The van der Waals surface area contributed by atoms with Crippen molar-refractivity contribution in [2.45, 2.75) is 6.92 Å². The lowest BCUT2D eigenvalue weighted by Crippen LogP contribution is -2.10. The molecule has 0 aliphatic heterocycles. The molecular weight excluding hydrogens is 308 g/mol. The zero-order valence-corrected chi connectivity index (χ0v) is 12.7. The Morgan fingerprint density at radius 3 is 2.86 bits per heavy atom. The Morgan fingerprint density at radius 2 is 2.14 bits per heavy atom. The summed E-state index contributed by atoms with van der Waals surface area (Å²) in [5.74, 6) is 0.0899. The highest BCUT2D eigenvalue weighted by molar-refractivity contribution is 7.12. The van der Waals surface area contributed by atoms with E-state index in [0.717, 1.165) is 11.1 Å². The van der Waals surface area contributed by atoms with Crippen LogP contribution in [0.15, 0.2) is 46.3 Å². The van der Waals surface area contributed by atoms with Gasteiger partial charge in [0.1, 0.15) is 5.69 Å². The number of carbonyl (C=O) groups is 1. The lowest BCUT2D eigenvalue weighted by atomic mass is 10.1. The van der Waals surface area contributed by atoms with E-state index in [-0.39, 0.29) is 5.91 Å². The molecule has 0 radical (unpaired) electrons. The summed E-state index contributed by atoms with van der Waals surface area (Å²) in [6.07, 6.45) is 0. The molecule has 4 nitrogen and oxygen atoms in total. The first-order valence-corrected chi connectivity index (χ1v) is 7.48. The predicted molar refractivity (Wildman–Crippen MR) is 84.0 cm³/mol. The minimum atomic E-state index is -0.204. The van der Waals surface area contributed by atoms with Crippen molar-refractivity contribution in [3.8, 4) is 11.3 Å². The Kier molecular flexibility index (Phi) is 3.77. The van der Waals surface area contributed by atoms with Crippen molar-refractivity contribution in [3.05, 3.63) is 57.2 Å². The van der Waals surface area contributed by atoms with Crippen molar-refractivity contribution < 1.29 is 9.32 Å². The molecule has 21 heavy (non-hydrogen) atoms. The van der Waals surface area contributed by atoms with E-state index in [0.29, 0.717) is 21.5 Å². The van der Waals surface area contributed by atoms with Crippen molar-refractivity contribution in [2.75, 3.05) is 5.32 Å². The van der Waals surface area contributed by atoms with E-state index in [1.165, 1.54) is 11.3 Å². The fraction of sp³-hybridized carbons (Fsp3) is 0.0667. The molecule has 1 amide bonds. The third-order valence-electron chi connectivity index (χ3n) is 2.97. The molecule has 0 saturated heterocycles. The first kappa shape index (κ1) is 13.9. The number of benzene rings is 1. The second kappa shape index (κ2) is 5.71. The van der Waals surface area contributed by atoms with E-state index in [4.69, 9.17) is 16.1 Å². The summed E-state index contributed by atoms with van der Waals surface area (Å²) in [6.45, 7) is 1.89. The molecule has 3 aromatic rings. The van der Waals surface area contributed by atoms with Crippen LogP contribution in [0.25, 0.3) is 11.3 Å². The van der Waals surface area contributed by atoms with Crippen LogP contribution in [-0.2, 0) is 0 Å². The van der Waals surface area contributed by atoms with Gasteiger partial charge in [-0.05, 0) is 30.0 Å². The average molecular weight is 319 g/mol. The Morgan fingerprint density at radius 1 is 1.33 bits per heavy atom. The van der Waals surface area contributed by atoms with E-state index >= 15 is 0 Å². The molecule has 0 fully saturated rings. The molecule has 0 saturated carbocycles. The third-order valence-corrected chi connectivity index (χ3v) is 4.31. The summed E-state index contributed by atoms with van der Waals surface area (Å²) in [5, 5.41) is 9.08. The van der Waals surface area contributed by atoms with Gasteiger partial charge in [0, 0.05) is 11.6 Å². The summed E-state index contributed by atoms with van der Waals surface area (Å²) in [5.41, 5.74) is 2.28. The summed E-state index contributed by atoms with van der Waals surface area (Å²) in [6, 6.07) is 10.9. The van der Waals surface area contributed by atoms with Crippen molar-refractivity contribution in [1.29, 1.82) is 0 Å². The number of hydrogen-bond donors (Lipinski definition) is 1. The lowest BCUT2D eigenvalue weighted by Gasteiger charge is -1.99. The van der Waals surface area contributed by atoms with Crippen LogP contribution in [0.4, 0.5) is 5.88 Å². The topological polar surface area (TPSA) is 55.1 Å². The van der Waals surface area contributed by atoms with E-state index in [9.17, 15) is 4.79 Å². The minimum absolute atomic E-state index is 0.204. The molecule has 1 aromatic carbocycles. The van der Waals surface area contributed by atoms with Gasteiger partial charge >= 0.3 is 0 Å². The van der Waals surface area contributed by atoms with Crippen LogP contribution in [0.3, 0.4) is 0 Å². The number of hydrogen-bond acceptors (Lipinski definition) is 4. The minimum Gasteiger partial charge on any atom is -0.338 e. The number of nitrogens with one attached hydrogen (secondary N) is 1. The Balaban J connectivity index is 1.82. The van der Waals surface area contributed by atoms with Gasteiger partial charge in [0.15, 0.2) is 0 Å². The van der Waals surface area contributed by atoms with E-state index in [2.05, 4.69) is 10.5 Å². The molecule has 3 rings (SSSR count). The molecule has 6 heteroatoms. The first-order chi connectivity index (χ1) is 10.1. The number of amides is 1. The number of aromatic nitrogens is 1. The number of aryl methyl sites for hydroxylation is 1. The van der Waals surface area contributed by atoms with E-state index in [1.807, 2.05) is 36.6 Å². The van der Waals surface area contributed by atoms with Crippen molar-refractivity contribution >= 4 is 34.7 Å². The second-order valence-electron chi connectivity index (χ2n) is 4.44. The van der Waals surface area contributed by atoms with Gasteiger partial charge in [-0.25, -0.2) is 0 Å². The van der Waals surface area contributed by atoms with Crippen LogP contribution < -0.4 is 5.32 Å². The van der Waals surface area contributed by atoms with E-state index in [1.54, 1.807) is 12.1 Å². The Labute approximate surface area is 130 Å². The molecule has 0 spiro atoms. The second-order valence-corrected chi connectivity index (χ2v) is 5.77. The first-order valence-electron chi connectivity index (χ1n) is 6.22. The van der Waals surface area contributed by atoms with Gasteiger partial charge in [0.2, 0.25) is 5.88 Å². The Hall–Kier alpha value is -2.11. The van der Waals surface area contributed by atoms with Crippen LogP contribution in [0.1, 0.15) is 15.2 Å². The highest BCUT2D eigenvalue weighted by Gasteiger charge is 2.14. The van der Waals surface area contributed by atoms with Gasteiger partial charge in [-0.1, -0.05) is 35.0 Å². The maximum absolute atomic E-state index is 12.1. The zero-order chi connectivity index (χ0) is 14.8. The molecule has 106 valence electrons. The standard InChI is InChI=1S/C15H11ClN2O2S/c1-9-6-7-21-14(9)15(19)17-13-8-12(18-20-13)10-4-2-3-5-11(10)16/h2-8H,1H3,(H,17,19). The molecule has 0 bridgehead atoms. The van der Waals surface area contributed by atoms with Crippen LogP contribution in [0, 0.1) is 6.92 Å².